The number of primary amides is 1. The van der Waals surface area contributed by atoms with Crippen LogP contribution in [0.15, 0.2) is 60.8 Å². The minimum atomic E-state index is -0.354. The van der Waals surface area contributed by atoms with Crippen molar-refractivity contribution in [3.63, 3.8) is 0 Å². The van der Waals surface area contributed by atoms with Crippen LogP contribution in [0.5, 0.6) is 0 Å². The van der Waals surface area contributed by atoms with Gasteiger partial charge in [-0.3, -0.25) is 9.59 Å². The van der Waals surface area contributed by atoms with Gasteiger partial charge in [0.2, 0.25) is 11.8 Å². The molecule has 1 aliphatic rings. The van der Waals surface area contributed by atoms with Crippen LogP contribution < -0.4 is 16.8 Å². The monoisotopic (exact) mass is 459 g/mol. The largest absolute Gasteiger partial charge is 0.369 e. The average molecular weight is 460 g/mol. The molecule has 0 saturated heterocycles. The second-order valence-electron chi connectivity index (χ2n) is 9.23. The number of imidazole rings is 1. The van der Waals surface area contributed by atoms with Crippen molar-refractivity contribution in [1.82, 2.24) is 15.3 Å². The van der Waals surface area contributed by atoms with Crippen LogP contribution in [0, 0.1) is 11.8 Å². The van der Waals surface area contributed by atoms with E-state index >= 15 is 0 Å². The highest BCUT2D eigenvalue weighted by Gasteiger charge is 2.28. The Morgan fingerprint density at radius 3 is 2.35 bits per heavy atom. The summed E-state index contributed by atoms with van der Waals surface area (Å²) in [6.45, 7) is 0.698. The highest BCUT2D eigenvalue weighted by molar-refractivity contribution is 5.79. The van der Waals surface area contributed by atoms with E-state index in [9.17, 15) is 9.59 Å². The van der Waals surface area contributed by atoms with E-state index in [1.807, 2.05) is 42.5 Å². The van der Waals surface area contributed by atoms with Crippen LogP contribution in [-0.2, 0) is 22.4 Å². The van der Waals surface area contributed by atoms with E-state index in [0.29, 0.717) is 18.9 Å². The van der Waals surface area contributed by atoms with Crippen molar-refractivity contribution in [3.8, 4) is 11.3 Å². The molecule has 0 spiro atoms. The molecule has 2 amide bonds. The Balaban J connectivity index is 1.50. The molecule has 4 rings (SSSR count). The number of hydrogen-bond donors (Lipinski definition) is 4. The molecule has 1 heterocycles. The molecule has 2 aromatic carbocycles. The smallest absolute Gasteiger partial charge is 0.223 e. The number of aromatic amines is 1. The van der Waals surface area contributed by atoms with Gasteiger partial charge in [0.1, 0.15) is 5.82 Å². The minimum Gasteiger partial charge on any atom is -0.369 e. The minimum absolute atomic E-state index is 0.0216. The molecule has 6 N–H and O–H groups in total. The molecule has 0 radical (unpaired) electrons. The number of benzene rings is 2. The number of H-pyrrole nitrogens is 1. The van der Waals surface area contributed by atoms with E-state index in [2.05, 4.69) is 27.4 Å². The summed E-state index contributed by atoms with van der Waals surface area (Å²) in [5.41, 5.74) is 14.9. The van der Waals surface area contributed by atoms with E-state index in [4.69, 9.17) is 11.5 Å². The number of carbonyl (C=O) groups is 2. The van der Waals surface area contributed by atoms with Crippen LogP contribution >= 0.6 is 0 Å². The fraction of sp³-hybridized carbons (Fsp3) is 0.370. The lowest BCUT2D eigenvalue weighted by molar-refractivity contribution is -0.127. The Morgan fingerprint density at radius 2 is 1.71 bits per heavy atom. The third-order valence-corrected chi connectivity index (χ3v) is 6.72. The lowest BCUT2D eigenvalue weighted by atomic mass is 9.81. The summed E-state index contributed by atoms with van der Waals surface area (Å²) in [6.07, 6.45) is 6.43. The Labute approximate surface area is 200 Å². The van der Waals surface area contributed by atoms with Gasteiger partial charge in [0.05, 0.1) is 24.4 Å². The number of hydrogen-bond acceptors (Lipinski definition) is 4. The summed E-state index contributed by atoms with van der Waals surface area (Å²) in [7, 11) is 0. The molecular weight excluding hydrogens is 426 g/mol. The van der Waals surface area contributed by atoms with Gasteiger partial charge >= 0.3 is 0 Å². The molecule has 0 aliphatic heterocycles. The first-order valence-corrected chi connectivity index (χ1v) is 12.0. The Hall–Kier alpha value is -3.45. The number of nitrogens with two attached hydrogens (primary N) is 2. The van der Waals surface area contributed by atoms with Crippen LogP contribution in [0.1, 0.15) is 48.7 Å². The van der Waals surface area contributed by atoms with Gasteiger partial charge in [-0.15, -0.1) is 0 Å². The molecule has 0 unspecified atom stereocenters. The summed E-state index contributed by atoms with van der Waals surface area (Å²) in [6, 6.07) is 17.5. The zero-order valence-electron chi connectivity index (χ0n) is 19.4. The standard InChI is InChI=1S/C27H33N5O2/c28-16-20-8-12-22(13-9-20)27(34)32-23(14-18-4-2-1-3-5-18)26-30-17-24(31-26)21-10-6-19(7-11-21)15-25(29)33/h1-7,10-11,17,20,22-23H,8-9,12-16,28H2,(H2,29,33)(H,30,31)(H,32,34)/t20?,22?,23-/m0/s1. The van der Waals surface area contributed by atoms with Gasteiger partial charge in [-0.25, -0.2) is 4.98 Å². The highest BCUT2D eigenvalue weighted by atomic mass is 16.2. The molecule has 0 bridgehead atoms. The number of carbonyl (C=O) groups excluding carboxylic acids is 2. The fourth-order valence-corrected chi connectivity index (χ4v) is 4.68. The first kappa shape index (κ1) is 23.7. The third-order valence-electron chi connectivity index (χ3n) is 6.72. The van der Waals surface area contributed by atoms with Crippen LogP contribution in [0.2, 0.25) is 0 Å². The zero-order chi connectivity index (χ0) is 23.9. The maximum absolute atomic E-state index is 13.1. The fourth-order valence-electron chi connectivity index (χ4n) is 4.68. The zero-order valence-corrected chi connectivity index (χ0v) is 19.4. The van der Waals surface area contributed by atoms with Gasteiger partial charge in [-0.05, 0) is 61.3 Å². The van der Waals surface area contributed by atoms with Crippen molar-refractivity contribution in [2.45, 2.75) is 44.6 Å². The molecule has 178 valence electrons. The molecule has 34 heavy (non-hydrogen) atoms. The van der Waals surface area contributed by atoms with Crippen molar-refractivity contribution in [2.24, 2.45) is 23.3 Å². The van der Waals surface area contributed by atoms with Crippen LogP contribution in [0.25, 0.3) is 11.3 Å². The Kier molecular flexibility index (Phi) is 7.75. The van der Waals surface area contributed by atoms with Crippen LogP contribution in [0.3, 0.4) is 0 Å². The van der Waals surface area contributed by atoms with Crippen molar-refractivity contribution < 1.29 is 9.59 Å². The predicted molar refractivity (Wildman–Crippen MR) is 132 cm³/mol. The predicted octanol–water partition coefficient (Wildman–Crippen LogP) is 3.27. The molecule has 1 fully saturated rings. The van der Waals surface area contributed by atoms with E-state index in [1.165, 1.54) is 0 Å². The van der Waals surface area contributed by atoms with Crippen LogP contribution in [-0.4, -0.2) is 28.3 Å². The first-order valence-electron chi connectivity index (χ1n) is 12.0. The van der Waals surface area contributed by atoms with E-state index < -0.39 is 0 Å². The Morgan fingerprint density at radius 1 is 1.00 bits per heavy atom. The summed E-state index contributed by atoms with van der Waals surface area (Å²) in [4.78, 5) is 32.3. The summed E-state index contributed by atoms with van der Waals surface area (Å²) >= 11 is 0. The summed E-state index contributed by atoms with van der Waals surface area (Å²) in [5.74, 6) is 1.02. The van der Waals surface area contributed by atoms with Crippen molar-refractivity contribution in [3.05, 3.63) is 77.7 Å². The van der Waals surface area contributed by atoms with Crippen molar-refractivity contribution in [1.29, 1.82) is 0 Å². The van der Waals surface area contributed by atoms with E-state index in [-0.39, 0.29) is 30.2 Å². The van der Waals surface area contributed by atoms with Gasteiger partial charge in [0.15, 0.2) is 0 Å². The summed E-state index contributed by atoms with van der Waals surface area (Å²) < 4.78 is 0. The normalized spacial score (nSPS) is 18.9. The molecule has 1 atom stereocenters. The van der Waals surface area contributed by atoms with Gasteiger partial charge in [0.25, 0.3) is 0 Å². The number of amides is 2. The van der Waals surface area contributed by atoms with E-state index in [1.54, 1.807) is 6.20 Å². The Bertz CT molecular complexity index is 1090. The topological polar surface area (TPSA) is 127 Å². The van der Waals surface area contributed by atoms with Gasteiger partial charge < -0.3 is 21.8 Å². The lowest BCUT2D eigenvalue weighted by Gasteiger charge is -2.28. The average Bonchev–Trinajstić information content (AvgIpc) is 3.35. The van der Waals surface area contributed by atoms with Gasteiger partial charge in [-0.1, -0.05) is 54.6 Å². The van der Waals surface area contributed by atoms with Crippen molar-refractivity contribution >= 4 is 11.8 Å². The second kappa shape index (κ2) is 11.1. The number of nitrogens with one attached hydrogen (secondary N) is 2. The highest BCUT2D eigenvalue weighted by Crippen LogP contribution is 2.29. The maximum atomic E-state index is 13.1. The molecule has 7 heteroatoms. The molecule has 3 aromatic rings. The molecule has 1 saturated carbocycles. The second-order valence-corrected chi connectivity index (χ2v) is 9.23. The SMILES string of the molecule is NCC1CCC(C(=O)N[C@@H](Cc2ccccc2)c2ncc(-c3ccc(CC(N)=O)cc3)[nH]2)CC1. The van der Waals surface area contributed by atoms with E-state index in [0.717, 1.165) is 53.9 Å². The van der Waals surface area contributed by atoms with Gasteiger partial charge in [-0.2, -0.15) is 0 Å². The molecule has 7 nitrogen and oxygen atoms in total. The number of aromatic nitrogens is 2. The number of nitrogens with zero attached hydrogens (tertiary/aromatic N) is 1. The third kappa shape index (κ3) is 6.11. The molecule has 1 aromatic heterocycles. The lowest BCUT2D eigenvalue weighted by Crippen LogP contribution is -2.37. The van der Waals surface area contributed by atoms with Gasteiger partial charge in [0, 0.05) is 5.92 Å². The van der Waals surface area contributed by atoms with Crippen molar-refractivity contribution in [2.75, 3.05) is 6.54 Å². The maximum Gasteiger partial charge on any atom is 0.223 e. The van der Waals surface area contributed by atoms with Crippen LogP contribution in [0.4, 0.5) is 0 Å². The first-order chi connectivity index (χ1) is 16.5. The molecule has 1 aliphatic carbocycles. The quantitative estimate of drug-likeness (QED) is 0.392. The molecular formula is C27H33N5O2. The number of rotatable bonds is 9. The summed E-state index contributed by atoms with van der Waals surface area (Å²) in [5, 5.41) is 3.26.